The van der Waals surface area contributed by atoms with Crippen molar-refractivity contribution in [3.05, 3.63) is 0 Å². The molecule has 2 atom stereocenters. The zero-order valence-electron chi connectivity index (χ0n) is 10.4. The highest BCUT2D eigenvalue weighted by atomic mass is 14.3. The Labute approximate surface area is 90.5 Å². The zero-order chi connectivity index (χ0) is 10.4. The van der Waals surface area contributed by atoms with Gasteiger partial charge >= 0.3 is 0 Å². The molecule has 0 aromatic rings. The monoisotopic (exact) mass is 196 g/mol. The lowest BCUT2D eigenvalue weighted by atomic mass is 9.73. The molecule has 0 N–H and O–H groups in total. The molecule has 84 valence electrons. The van der Waals surface area contributed by atoms with E-state index in [4.69, 9.17) is 0 Å². The molecule has 1 aliphatic rings. The second-order valence-corrected chi connectivity index (χ2v) is 5.21. The Kier molecular flexibility index (Phi) is 5.59. The van der Waals surface area contributed by atoms with Crippen molar-refractivity contribution in [2.45, 2.75) is 72.1 Å². The summed E-state index contributed by atoms with van der Waals surface area (Å²) in [5.41, 5.74) is 0. The predicted octanol–water partition coefficient (Wildman–Crippen LogP) is 5.03. The molecule has 0 aromatic carbocycles. The predicted molar refractivity (Wildman–Crippen MR) is 64.4 cm³/mol. The summed E-state index contributed by atoms with van der Waals surface area (Å²) in [7, 11) is 0. The van der Waals surface area contributed by atoms with Gasteiger partial charge in [-0.05, 0) is 17.8 Å². The van der Waals surface area contributed by atoms with Gasteiger partial charge in [0.05, 0.1) is 0 Å². The Hall–Kier alpha value is 0. The largest absolute Gasteiger partial charge is 0.0654 e. The van der Waals surface area contributed by atoms with Crippen LogP contribution in [-0.4, -0.2) is 0 Å². The van der Waals surface area contributed by atoms with E-state index in [0.29, 0.717) is 0 Å². The molecule has 0 nitrogen and oxygen atoms in total. The van der Waals surface area contributed by atoms with E-state index in [2.05, 4.69) is 20.8 Å². The fourth-order valence-electron chi connectivity index (χ4n) is 3.25. The van der Waals surface area contributed by atoms with Crippen LogP contribution in [0.2, 0.25) is 0 Å². The summed E-state index contributed by atoms with van der Waals surface area (Å²) in [6.45, 7) is 7.22. The standard InChI is InChI=1S/C14H28/c1-4-9-13(5-2)12(3)14-10-7-6-8-11-14/h12-14H,4-11H2,1-3H3. The summed E-state index contributed by atoms with van der Waals surface area (Å²) in [4.78, 5) is 0. The van der Waals surface area contributed by atoms with Crippen molar-refractivity contribution in [3.63, 3.8) is 0 Å². The van der Waals surface area contributed by atoms with Gasteiger partial charge in [0.1, 0.15) is 0 Å². The maximum atomic E-state index is 2.51. The van der Waals surface area contributed by atoms with Crippen LogP contribution < -0.4 is 0 Å². The van der Waals surface area contributed by atoms with E-state index in [1.54, 1.807) is 0 Å². The maximum Gasteiger partial charge on any atom is -0.0386 e. The third-order valence-corrected chi connectivity index (χ3v) is 4.32. The van der Waals surface area contributed by atoms with Crippen LogP contribution in [0.5, 0.6) is 0 Å². The summed E-state index contributed by atoms with van der Waals surface area (Å²) in [5.74, 6) is 3.04. The quantitative estimate of drug-likeness (QED) is 0.578. The first-order valence-electron chi connectivity index (χ1n) is 6.79. The Balaban J connectivity index is 2.38. The van der Waals surface area contributed by atoms with Gasteiger partial charge in [0, 0.05) is 0 Å². The van der Waals surface area contributed by atoms with Crippen LogP contribution in [0.1, 0.15) is 72.1 Å². The van der Waals surface area contributed by atoms with Crippen molar-refractivity contribution in [2.24, 2.45) is 17.8 Å². The summed E-state index contributed by atoms with van der Waals surface area (Å²) >= 11 is 0. The highest BCUT2D eigenvalue weighted by molar-refractivity contribution is 4.76. The van der Waals surface area contributed by atoms with Gasteiger partial charge < -0.3 is 0 Å². The first-order chi connectivity index (χ1) is 6.79. The minimum atomic E-state index is 0.986. The van der Waals surface area contributed by atoms with Gasteiger partial charge in [-0.1, -0.05) is 72.1 Å². The van der Waals surface area contributed by atoms with Gasteiger partial charge in [-0.3, -0.25) is 0 Å². The highest BCUT2D eigenvalue weighted by Crippen LogP contribution is 2.36. The Morgan fingerprint density at radius 2 is 1.71 bits per heavy atom. The molecule has 1 rings (SSSR count). The summed E-state index contributed by atoms with van der Waals surface area (Å²) in [5, 5.41) is 0. The van der Waals surface area contributed by atoms with Crippen molar-refractivity contribution < 1.29 is 0 Å². The van der Waals surface area contributed by atoms with E-state index in [1.807, 2.05) is 0 Å². The van der Waals surface area contributed by atoms with E-state index in [9.17, 15) is 0 Å². The van der Waals surface area contributed by atoms with Crippen LogP contribution in [0.25, 0.3) is 0 Å². The number of rotatable bonds is 5. The van der Waals surface area contributed by atoms with Crippen LogP contribution in [0.4, 0.5) is 0 Å². The van der Waals surface area contributed by atoms with E-state index in [0.717, 1.165) is 17.8 Å². The second kappa shape index (κ2) is 6.48. The molecule has 2 unspecified atom stereocenters. The first-order valence-corrected chi connectivity index (χ1v) is 6.79. The lowest BCUT2D eigenvalue weighted by Gasteiger charge is -2.33. The SMILES string of the molecule is CCCC(CC)C(C)C1CCCCC1. The van der Waals surface area contributed by atoms with Crippen molar-refractivity contribution in [3.8, 4) is 0 Å². The van der Waals surface area contributed by atoms with E-state index >= 15 is 0 Å². The molecule has 0 aromatic heterocycles. The second-order valence-electron chi connectivity index (χ2n) is 5.21. The maximum absolute atomic E-state index is 2.51. The molecule has 1 fully saturated rings. The molecule has 0 heteroatoms. The van der Waals surface area contributed by atoms with Gasteiger partial charge in [0.15, 0.2) is 0 Å². The molecule has 0 amide bonds. The molecule has 0 spiro atoms. The van der Waals surface area contributed by atoms with Crippen molar-refractivity contribution >= 4 is 0 Å². The molecule has 0 radical (unpaired) electrons. The Morgan fingerprint density at radius 3 is 2.21 bits per heavy atom. The third-order valence-electron chi connectivity index (χ3n) is 4.32. The highest BCUT2D eigenvalue weighted by Gasteiger charge is 2.25. The third kappa shape index (κ3) is 3.29. The summed E-state index contributed by atoms with van der Waals surface area (Å²) in [6, 6.07) is 0. The van der Waals surface area contributed by atoms with Gasteiger partial charge in [-0.2, -0.15) is 0 Å². The molecule has 1 saturated carbocycles. The van der Waals surface area contributed by atoms with Gasteiger partial charge in [0.25, 0.3) is 0 Å². The average Bonchev–Trinajstić information content (AvgIpc) is 2.26. The fraction of sp³-hybridized carbons (Fsp3) is 1.00. The zero-order valence-corrected chi connectivity index (χ0v) is 10.4. The topological polar surface area (TPSA) is 0 Å². The van der Waals surface area contributed by atoms with Gasteiger partial charge in [-0.25, -0.2) is 0 Å². The van der Waals surface area contributed by atoms with Crippen LogP contribution in [0.3, 0.4) is 0 Å². The molecular formula is C14H28. The van der Waals surface area contributed by atoms with Crippen molar-refractivity contribution in [2.75, 3.05) is 0 Å². The van der Waals surface area contributed by atoms with Crippen LogP contribution in [0.15, 0.2) is 0 Å². The first kappa shape index (κ1) is 12.1. The lowest BCUT2D eigenvalue weighted by Crippen LogP contribution is -2.22. The van der Waals surface area contributed by atoms with E-state index in [-0.39, 0.29) is 0 Å². The van der Waals surface area contributed by atoms with E-state index < -0.39 is 0 Å². The summed E-state index contributed by atoms with van der Waals surface area (Å²) < 4.78 is 0. The molecular weight excluding hydrogens is 168 g/mol. The van der Waals surface area contributed by atoms with Gasteiger partial charge in [0.2, 0.25) is 0 Å². The smallest absolute Gasteiger partial charge is 0.0386 e. The molecule has 1 aliphatic carbocycles. The minimum absolute atomic E-state index is 0.986. The van der Waals surface area contributed by atoms with Crippen LogP contribution >= 0.6 is 0 Å². The van der Waals surface area contributed by atoms with Crippen molar-refractivity contribution in [1.82, 2.24) is 0 Å². The lowest BCUT2D eigenvalue weighted by molar-refractivity contribution is 0.181. The molecule has 0 heterocycles. The molecule has 14 heavy (non-hydrogen) atoms. The van der Waals surface area contributed by atoms with E-state index in [1.165, 1.54) is 51.4 Å². The number of hydrogen-bond acceptors (Lipinski definition) is 0. The Bertz CT molecular complexity index is 128. The van der Waals surface area contributed by atoms with Crippen molar-refractivity contribution in [1.29, 1.82) is 0 Å². The average molecular weight is 196 g/mol. The molecule has 0 bridgehead atoms. The normalized spacial score (nSPS) is 23.4. The van der Waals surface area contributed by atoms with Gasteiger partial charge in [-0.15, -0.1) is 0 Å². The summed E-state index contributed by atoms with van der Waals surface area (Å²) in [6.07, 6.45) is 11.7. The Morgan fingerprint density at radius 1 is 1.07 bits per heavy atom. The number of hydrogen-bond donors (Lipinski definition) is 0. The molecule has 0 aliphatic heterocycles. The fourth-order valence-corrected chi connectivity index (χ4v) is 3.25. The molecule has 0 saturated heterocycles. The van der Waals surface area contributed by atoms with Crippen LogP contribution in [0, 0.1) is 17.8 Å². The minimum Gasteiger partial charge on any atom is -0.0654 e. The van der Waals surface area contributed by atoms with Crippen LogP contribution in [-0.2, 0) is 0 Å².